The lowest BCUT2D eigenvalue weighted by Crippen LogP contribution is -2.05. The number of benzene rings is 1. The molecule has 0 aliphatic carbocycles. The predicted molar refractivity (Wildman–Crippen MR) is 71.0 cm³/mol. The van der Waals surface area contributed by atoms with Gasteiger partial charge < -0.3 is 4.57 Å². The molecule has 1 aromatic heterocycles. The second-order valence-corrected chi connectivity index (χ2v) is 5.00. The van der Waals surface area contributed by atoms with Crippen molar-refractivity contribution in [2.75, 3.05) is 0 Å². The van der Waals surface area contributed by atoms with Crippen LogP contribution in [0.4, 0.5) is 0 Å². The lowest BCUT2D eigenvalue weighted by atomic mass is 10.1. The fourth-order valence-corrected chi connectivity index (χ4v) is 2.43. The third-order valence-corrected chi connectivity index (χ3v) is 3.26. The molecule has 0 spiro atoms. The number of hydrogen-bond donors (Lipinski definition) is 0. The van der Waals surface area contributed by atoms with Gasteiger partial charge in [-0.3, -0.25) is 0 Å². The van der Waals surface area contributed by atoms with Gasteiger partial charge in [0.25, 0.3) is 0 Å². The van der Waals surface area contributed by atoms with Crippen molar-refractivity contribution in [3.63, 3.8) is 0 Å². The minimum atomic E-state index is 0.733. The van der Waals surface area contributed by atoms with Gasteiger partial charge >= 0.3 is 0 Å². The molecule has 0 saturated carbocycles. The van der Waals surface area contributed by atoms with Crippen molar-refractivity contribution in [1.29, 1.82) is 0 Å². The smallest absolute Gasteiger partial charge is 0.0481 e. The zero-order chi connectivity index (χ0) is 11.5. The van der Waals surface area contributed by atoms with Crippen LogP contribution in [0.15, 0.2) is 30.5 Å². The first kappa shape index (κ1) is 11.5. The standard InChI is InChI=1S/C14H18ClN/c1-3-4-11(2)10-16-8-7-12-9-13(15)5-6-14(12)16/h5-9,11H,3-4,10H2,1-2H3. The van der Waals surface area contributed by atoms with Gasteiger partial charge in [-0.1, -0.05) is 31.9 Å². The lowest BCUT2D eigenvalue weighted by molar-refractivity contribution is 0.453. The van der Waals surface area contributed by atoms with Crippen LogP contribution < -0.4 is 0 Å². The van der Waals surface area contributed by atoms with Gasteiger partial charge in [0.1, 0.15) is 0 Å². The molecule has 0 fully saturated rings. The van der Waals surface area contributed by atoms with Gasteiger partial charge in [-0.25, -0.2) is 0 Å². The van der Waals surface area contributed by atoms with Crippen molar-refractivity contribution >= 4 is 22.5 Å². The molecule has 0 bridgehead atoms. The highest BCUT2D eigenvalue weighted by atomic mass is 35.5. The Morgan fingerprint density at radius 1 is 1.31 bits per heavy atom. The van der Waals surface area contributed by atoms with Gasteiger partial charge in [-0.15, -0.1) is 0 Å². The molecule has 2 rings (SSSR count). The highest BCUT2D eigenvalue weighted by Gasteiger charge is 2.05. The molecule has 0 aliphatic rings. The summed E-state index contributed by atoms with van der Waals surface area (Å²) in [6.45, 7) is 5.65. The molecule has 1 unspecified atom stereocenters. The van der Waals surface area contributed by atoms with E-state index in [1.54, 1.807) is 0 Å². The number of hydrogen-bond acceptors (Lipinski definition) is 0. The van der Waals surface area contributed by atoms with Crippen molar-refractivity contribution in [3.8, 4) is 0 Å². The number of rotatable bonds is 4. The van der Waals surface area contributed by atoms with Crippen LogP contribution in [0.25, 0.3) is 10.9 Å². The molecule has 0 saturated heterocycles. The summed E-state index contributed by atoms with van der Waals surface area (Å²) in [4.78, 5) is 0. The topological polar surface area (TPSA) is 4.93 Å². The molecular formula is C14H18ClN. The van der Waals surface area contributed by atoms with E-state index in [1.165, 1.54) is 23.7 Å². The van der Waals surface area contributed by atoms with Gasteiger partial charge in [0.05, 0.1) is 0 Å². The highest BCUT2D eigenvalue weighted by Crippen LogP contribution is 2.22. The summed E-state index contributed by atoms with van der Waals surface area (Å²) in [6.07, 6.45) is 4.70. The number of fused-ring (bicyclic) bond motifs is 1. The fraction of sp³-hybridized carbons (Fsp3) is 0.429. The Bertz CT molecular complexity index is 473. The third kappa shape index (κ3) is 2.41. The van der Waals surface area contributed by atoms with Crippen molar-refractivity contribution in [1.82, 2.24) is 4.57 Å². The molecule has 86 valence electrons. The van der Waals surface area contributed by atoms with Gasteiger partial charge in [0.2, 0.25) is 0 Å². The van der Waals surface area contributed by atoms with Crippen molar-refractivity contribution in [2.24, 2.45) is 5.92 Å². The Morgan fingerprint density at radius 3 is 2.88 bits per heavy atom. The van der Waals surface area contributed by atoms with Crippen molar-refractivity contribution in [2.45, 2.75) is 33.2 Å². The van der Waals surface area contributed by atoms with Crippen LogP contribution in [-0.2, 0) is 6.54 Å². The van der Waals surface area contributed by atoms with E-state index in [1.807, 2.05) is 12.1 Å². The predicted octanol–water partition coefficient (Wildman–Crippen LogP) is 4.73. The van der Waals surface area contributed by atoms with Crippen LogP contribution >= 0.6 is 11.6 Å². The minimum absolute atomic E-state index is 0.733. The molecule has 0 aliphatic heterocycles. The zero-order valence-electron chi connectivity index (χ0n) is 9.91. The van der Waals surface area contributed by atoms with E-state index >= 15 is 0 Å². The number of nitrogens with zero attached hydrogens (tertiary/aromatic N) is 1. The molecule has 2 heteroatoms. The Morgan fingerprint density at radius 2 is 2.12 bits per heavy atom. The Hall–Kier alpha value is -0.950. The molecule has 0 amide bonds. The summed E-state index contributed by atoms with van der Waals surface area (Å²) >= 11 is 5.97. The third-order valence-electron chi connectivity index (χ3n) is 3.02. The number of aromatic nitrogens is 1. The number of halogens is 1. The molecule has 1 aromatic carbocycles. The van der Waals surface area contributed by atoms with Gasteiger partial charge in [-0.2, -0.15) is 0 Å². The average Bonchev–Trinajstić information content (AvgIpc) is 2.61. The van der Waals surface area contributed by atoms with Crippen molar-refractivity contribution in [3.05, 3.63) is 35.5 Å². The van der Waals surface area contributed by atoms with E-state index in [-0.39, 0.29) is 0 Å². The van der Waals surface area contributed by atoms with Gasteiger partial charge in [0.15, 0.2) is 0 Å². The van der Waals surface area contributed by atoms with E-state index in [0.29, 0.717) is 0 Å². The second kappa shape index (κ2) is 4.92. The maximum atomic E-state index is 5.97. The molecule has 16 heavy (non-hydrogen) atoms. The van der Waals surface area contributed by atoms with Crippen LogP contribution in [0.3, 0.4) is 0 Å². The molecule has 1 heterocycles. The summed E-state index contributed by atoms with van der Waals surface area (Å²) in [5, 5.41) is 2.04. The van der Waals surface area contributed by atoms with E-state index in [0.717, 1.165) is 17.5 Å². The second-order valence-electron chi connectivity index (χ2n) is 4.57. The Kier molecular flexibility index (Phi) is 3.55. The summed E-state index contributed by atoms with van der Waals surface area (Å²) in [5.74, 6) is 0.733. The van der Waals surface area contributed by atoms with Crippen molar-refractivity contribution < 1.29 is 0 Å². The SMILES string of the molecule is CCCC(C)Cn1ccc2cc(Cl)ccc21. The Balaban J connectivity index is 2.25. The molecule has 0 radical (unpaired) electrons. The summed E-state index contributed by atoms with van der Waals surface area (Å²) < 4.78 is 2.33. The first-order valence-electron chi connectivity index (χ1n) is 5.95. The summed E-state index contributed by atoms with van der Waals surface area (Å²) in [5.41, 5.74) is 1.28. The van der Waals surface area contributed by atoms with Crippen LogP contribution in [0.1, 0.15) is 26.7 Å². The minimum Gasteiger partial charge on any atom is -0.347 e. The first-order valence-corrected chi connectivity index (χ1v) is 6.33. The lowest BCUT2D eigenvalue weighted by Gasteiger charge is -2.12. The maximum absolute atomic E-state index is 5.97. The largest absolute Gasteiger partial charge is 0.347 e. The van der Waals surface area contributed by atoms with E-state index < -0.39 is 0 Å². The van der Waals surface area contributed by atoms with Gasteiger partial charge in [-0.05, 0) is 36.6 Å². The maximum Gasteiger partial charge on any atom is 0.0481 e. The summed E-state index contributed by atoms with van der Waals surface area (Å²) in [6, 6.07) is 8.24. The normalized spacial score (nSPS) is 13.2. The van der Waals surface area contributed by atoms with Crippen LogP contribution in [0.2, 0.25) is 5.02 Å². The Labute approximate surface area is 102 Å². The highest BCUT2D eigenvalue weighted by molar-refractivity contribution is 6.31. The quantitative estimate of drug-likeness (QED) is 0.722. The molecular weight excluding hydrogens is 218 g/mol. The van der Waals surface area contributed by atoms with Crippen LogP contribution in [-0.4, -0.2) is 4.57 Å². The molecule has 1 atom stereocenters. The molecule has 2 aromatic rings. The van der Waals surface area contributed by atoms with E-state index in [4.69, 9.17) is 11.6 Å². The molecule has 1 nitrogen and oxygen atoms in total. The molecule has 0 N–H and O–H groups in total. The van der Waals surface area contributed by atoms with E-state index in [2.05, 4.69) is 36.7 Å². The first-order chi connectivity index (χ1) is 7.70. The van der Waals surface area contributed by atoms with E-state index in [9.17, 15) is 0 Å². The van der Waals surface area contributed by atoms with Gasteiger partial charge in [0, 0.05) is 28.7 Å². The fourth-order valence-electron chi connectivity index (χ4n) is 2.25. The summed E-state index contributed by atoms with van der Waals surface area (Å²) in [7, 11) is 0. The van der Waals surface area contributed by atoms with Crippen LogP contribution in [0, 0.1) is 5.92 Å². The zero-order valence-corrected chi connectivity index (χ0v) is 10.7. The monoisotopic (exact) mass is 235 g/mol. The van der Waals surface area contributed by atoms with Crippen LogP contribution in [0.5, 0.6) is 0 Å². The average molecular weight is 236 g/mol.